The predicted octanol–water partition coefficient (Wildman–Crippen LogP) is 3.79. The van der Waals surface area contributed by atoms with Crippen molar-refractivity contribution in [2.75, 3.05) is 11.9 Å². The highest BCUT2D eigenvalue weighted by Crippen LogP contribution is 2.61. The van der Waals surface area contributed by atoms with Crippen molar-refractivity contribution < 1.29 is 0 Å². The van der Waals surface area contributed by atoms with Crippen LogP contribution in [-0.2, 0) is 6.42 Å². The highest BCUT2D eigenvalue weighted by Gasteiger charge is 2.54. The molecule has 4 aromatic rings. The quantitative estimate of drug-likeness (QED) is 0.606. The van der Waals surface area contributed by atoms with Crippen LogP contribution in [0.15, 0.2) is 67.0 Å². The summed E-state index contributed by atoms with van der Waals surface area (Å²) >= 11 is 0. The van der Waals surface area contributed by atoms with Gasteiger partial charge in [0.25, 0.3) is 5.78 Å². The molecule has 1 saturated carbocycles. The van der Waals surface area contributed by atoms with Gasteiger partial charge in [0.1, 0.15) is 12.1 Å². The number of aromatic nitrogens is 4. The van der Waals surface area contributed by atoms with Gasteiger partial charge in [-0.2, -0.15) is 14.6 Å². The molecule has 0 bridgehead atoms. The summed E-state index contributed by atoms with van der Waals surface area (Å²) in [4.78, 5) is 8.94. The van der Waals surface area contributed by atoms with Gasteiger partial charge in [-0.15, -0.1) is 0 Å². The number of hydrogen-bond donors (Lipinski definition) is 1. The van der Waals surface area contributed by atoms with E-state index in [4.69, 9.17) is 0 Å². The molecule has 0 saturated heterocycles. The van der Waals surface area contributed by atoms with Crippen LogP contribution in [0.4, 0.5) is 5.82 Å². The topological polar surface area (TPSA) is 55.1 Å². The van der Waals surface area contributed by atoms with Crippen molar-refractivity contribution in [1.29, 1.82) is 0 Å². The molecule has 0 spiro atoms. The van der Waals surface area contributed by atoms with Gasteiger partial charge in [-0.25, -0.2) is 4.98 Å². The van der Waals surface area contributed by atoms with E-state index in [0.717, 1.165) is 35.5 Å². The fourth-order valence-corrected chi connectivity index (χ4v) is 4.68. The predicted molar refractivity (Wildman–Crippen MR) is 105 cm³/mol. The Labute approximate surface area is 157 Å². The van der Waals surface area contributed by atoms with E-state index in [1.54, 1.807) is 16.4 Å². The van der Waals surface area contributed by atoms with E-state index in [9.17, 15) is 0 Å². The lowest BCUT2D eigenvalue weighted by Crippen LogP contribution is -2.12. The van der Waals surface area contributed by atoms with Gasteiger partial charge in [0, 0.05) is 18.2 Å². The number of nitrogens with zero attached hydrogens (tertiary/aromatic N) is 4. The standard InChI is InChI=1S/C22H19N5/c1-2-6-14(7-3-1)19-11-20(27-22(26-19)24-13-25-27)23-12-18-17-10-15-8-4-5-9-16(15)21(17)18/h1-9,11,13,17-18,21,23H,10,12H2. The van der Waals surface area contributed by atoms with Gasteiger partial charge >= 0.3 is 0 Å². The van der Waals surface area contributed by atoms with E-state index in [2.05, 4.69) is 62.8 Å². The summed E-state index contributed by atoms with van der Waals surface area (Å²) in [7, 11) is 0. The largest absolute Gasteiger partial charge is 0.370 e. The molecule has 2 heterocycles. The van der Waals surface area contributed by atoms with E-state index >= 15 is 0 Å². The molecule has 3 unspecified atom stereocenters. The minimum Gasteiger partial charge on any atom is -0.370 e. The Balaban J connectivity index is 1.28. The van der Waals surface area contributed by atoms with Gasteiger partial charge in [-0.05, 0) is 35.3 Å². The molecule has 132 valence electrons. The summed E-state index contributed by atoms with van der Waals surface area (Å²) < 4.78 is 1.79. The lowest BCUT2D eigenvalue weighted by Gasteiger charge is -2.12. The summed E-state index contributed by atoms with van der Waals surface area (Å²) in [5.41, 5.74) is 5.10. The molecule has 6 rings (SSSR count). The molecule has 0 radical (unpaired) electrons. The Kier molecular flexibility index (Phi) is 3.12. The monoisotopic (exact) mass is 353 g/mol. The third-order valence-electron chi connectivity index (χ3n) is 6.04. The van der Waals surface area contributed by atoms with E-state index in [1.165, 1.54) is 12.0 Å². The van der Waals surface area contributed by atoms with E-state index in [-0.39, 0.29) is 0 Å². The number of anilines is 1. The average Bonchev–Trinajstić information content (AvgIpc) is 3.07. The molecule has 0 amide bonds. The maximum Gasteiger partial charge on any atom is 0.254 e. The molecule has 27 heavy (non-hydrogen) atoms. The van der Waals surface area contributed by atoms with Gasteiger partial charge in [-0.1, -0.05) is 54.6 Å². The first-order valence-corrected chi connectivity index (χ1v) is 9.46. The second-order valence-corrected chi connectivity index (χ2v) is 7.50. The molecular formula is C22H19N5. The average molecular weight is 353 g/mol. The minimum atomic E-state index is 0.625. The smallest absolute Gasteiger partial charge is 0.254 e. The second-order valence-electron chi connectivity index (χ2n) is 7.50. The van der Waals surface area contributed by atoms with Crippen molar-refractivity contribution in [3.63, 3.8) is 0 Å². The van der Waals surface area contributed by atoms with Gasteiger partial charge in [0.2, 0.25) is 0 Å². The summed E-state index contributed by atoms with van der Waals surface area (Å²) in [6.07, 6.45) is 2.78. The normalized spacial score (nSPS) is 22.4. The van der Waals surface area contributed by atoms with Crippen LogP contribution in [0.2, 0.25) is 0 Å². The Morgan fingerprint density at radius 3 is 2.81 bits per heavy atom. The zero-order chi connectivity index (χ0) is 17.8. The SMILES string of the molecule is c1ccc(-c2cc(NCC3C4Cc5ccccc5C34)n3ncnc3n2)cc1. The van der Waals surface area contributed by atoms with E-state index in [0.29, 0.717) is 11.7 Å². The van der Waals surface area contributed by atoms with Crippen LogP contribution < -0.4 is 5.32 Å². The molecule has 2 aromatic carbocycles. The van der Waals surface area contributed by atoms with Crippen LogP contribution in [0, 0.1) is 11.8 Å². The zero-order valence-electron chi connectivity index (χ0n) is 14.8. The van der Waals surface area contributed by atoms with E-state index in [1.807, 2.05) is 18.2 Å². The van der Waals surface area contributed by atoms with E-state index < -0.39 is 0 Å². The zero-order valence-corrected chi connectivity index (χ0v) is 14.8. The third kappa shape index (κ3) is 2.35. The molecule has 5 nitrogen and oxygen atoms in total. The maximum atomic E-state index is 4.65. The Bertz CT molecular complexity index is 1130. The molecule has 5 heteroatoms. The fourth-order valence-electron chi connectivity index (χ4n) is 4.68. The summed E-state index contributed by atoms with van der Waals surface area (Å²) in [5, 5.41) is 7.97. The second kappa shape index (κ2) is 5.64. The summed E-state index contributed by atoms with van der Waals surface area (Å²) in [6.45, 7) is 0.955. The van der Waals surface area contributed by atoms with Crippen LogP contribution in [0.1, 0.15) is 17.0 Å². The summed E-state index contributed by atoms with van der Waals surface area (Å²) in [5.74, 6) is 3.79. The highest BCUT2D eigenvalue weighted by molar-refractivity contribution is 5.65. The number of rotatable bonds is 4. The minimum absolute atomic E-state index is 0.625. The first-order chi connectivity index (χ1) is 13.4. The van der Waals surface area contributed by atoms with Crippen LogP contribution in [0.25, 0.3) is 17.0 Å². The highest BCUT2D eigenvalue weighted by atomic mass is 15.4. The van der Waals surface area contributed by atoms with Crippen molar-refractivity contribution in [2.45, 2.75) is 12.3 Å². The van der Waals surface area contributed by atoms with Crippen molar-refractivity contribution in [2.24, 2.45) is 11.8 Å². The Morgan fingerprint density at radius 1 is 1.04 bits per heavy atom. The van der Waals surface area contributed by atoms with Gasteiger partial charge in [0.15, 0.2) is 0 Å². The van der Waals surface area contributed by atoms with Crippen LogP contribution >= 0.6 is 0 Å². The first-order valence-electron chi connectivity index (χ1n) is 9.46. The van der Waals surface area contributed by atoms with Crippen LogP contribution in [0.5, 0.6) is 0 Å². The van der Waals surface area contributed by atoms with Crippen molar-refractivity contribution in [1.82, 2.24) is 19.6 Å². The number of fused-ring (bicyclic) bond motifs is 4. The fraction of sp³-hybridized carbons (Fsp3) is 0.227. The van der Waals surface area contributed by atoms with Crippen molar-refractivity contribution in [3.8, 4) is 11.3 Å². The number of nitrogens with one attached hydrogen (secondary N) is 1. The van der Waals surface area contributed by atoms with Crippen molar-refractivity contribution in [3.05, 3.63) is 78.1 Å². The first kappa shape index (κ1) is 14.9. The number of benzene rings is 2. The van der Waals surface area contributed by atoms with Gasteiger partial charge in [0.05, 0.1) is 5.69 Å². The molecule has 0 aliphatic heterocycles. The summed E-state index contributed by atoms with van der Waals surface area (Å²) in [6, 6.07) is 21.2. The molecular weight excluding hydrogens is 334 g/mol. The molecule has 2 aromatic heterocycles. The lowest BCUT2D eigenvalue weighted by atomic mass is 10.0. The van der Waals surface area contributed by atoms with Crippen molar-refractivity contribution >= 4 is 11.6 Å². The molecule has 2 aliphatic rings. The lowest BCUT2D eigenvalue weighted by molar-refractivity contribution is 0.715. The van der Waals surface area contributed by atoms with Crippen LogP contribution in [-0.4, -0.2) is 26.1 Å². The molecule has 1 fully saturated rings. The van der Waals surface area contributed by atoms with Gasteiger partial charge < -0.3 is 5.32 Å². The molecule has 1 N–H and O–H groups in total. The molecule has 2 aliphatic carbocycles. The Morgan fingerprint density at radius 2 is 1.89 bits per heavy atom. The maximum absolute atomic E-state index is 4.65. The molecule has 3 atom stereocenters. The third-order valence-corrected chi connectivity index (χ3v) is 6.04. The number of hydrogen-bond acceptors (Lipinski definition) is 4. The van der Waals surface area contributed by atoms with Crippen LogP contribution in [0.3, 0.4) is 0 Å². The van der Waals surface area contributed by atoms with Gasteiger partial charge in [-0.3, -0.25) is 0 Å². The Hall–Kier alpha value is -3.21.